The number of hydrogen-bond acceptors (Lipinski definition) is 4. The van der Waals surface area contributed by atoms with Crippen LogP contribution in [-0.4, -0.2) is 30.0 Å². The number of fused-ring (bicyclic) bond motifs is 1. The molecule has 0 N–H and O–H groups in total. The molecular weight excluding hydrogens is 301 g/mol. The SMILES string of the molecule is CCCN(CC(F)(F)F)c1nc2c(s1)C(=O)CC(C)(C)C2. The molecular formula is C14H19F3N2OS. The summed E-state index contributed by atoms with van der Waals surface area (Å²) in [5, 5.41) is 0.310. The molecule has 1 aliphatic carbocycles. The van der Waals surface area contributed by atoms with Crippen LogP contribution in [0.1, 0.15) is 49.0 Å². The molecule has 0 radical (unpaired) electrons. The van der Waals surface area contributed by atoms with Gasteiger partial charge in [-0.05, 0) is 18.3 Å². The molecule has 0 aliphatic heterocycles. The van der Waals surface area contributed by atoms with Gasteiger partial charge in [0.2, 0.25) is 0 Å². The lowest BCUT2D eigenvalue weighted by Gasteiger charge is -2.26. The van der Waals surface area contributed by atoms with E-state index in [2.05, 4.69) is 4.98 Å². The minimum absolute atomic E-state index is 0.00606. The number of halogens is 3. The number of thiazole rings is 1. The second kappa shape index (κ2) is 5.59. The van der Waals surface area contributed by atoms with Gasteiger partial charge in [-0.15, -0.1) is 0 Å². The summed E-state index contributed by atoms with van der Waals surface area (Å²) in [5.41, 5.74) is 0.481. The third kappa shape index (κ3) is 3.96. The minimum Gasteiger partial charge on any atom is -0.339 e. The molecule has 0 unspecified atom stereocenters. The molecule has 1 heterocycles. The number of hydrogen-bond donors (Lipinski definition) is 0. The molecule has 0 aromatic carbocycles. The zero-order valence-corrected chi connectivity index (χ0v) is 13.2. The number of carbonyl (C=O) groups is 1. The van der Waals surface area contributed by atoms with Gasteiger partial charge in [-0.2, -0.15) is 13.2 Å². The maximum Gasteiger partial charge on any atom is 0.406 e. The standard InChI is InChI=1S/C14H19F3N2OS/c1-4-5-19(8-14(15,16)17)12-18-9-6-13(2,3)7-10(20)11(9)21-12/h4-8H2,1-3H3. The molecule has 1 aromatic heterocycles. The smallest absolute Gasteiger partial charge is 0.339 e. The van der Waals surface area contributed by atoms with Crippen molar-refractivity contribution in [3.8, 4) is 0 Å². The fourth-order valence-electron chi connectivity index (χ4n) is 2.57. The van der Waals surface area contributed by atoms with Gasteiger partial charge in [-0.3, -0.25) is 4.79 Å². The first kappa shape index (κ1) is 16.3. The lowest BCUT2D eigenvalue weighted by atomic mass is 9.78. The number of ketones is 1. The van der Waals surface area contributed by atoms with E-state index in [0.717, 1.165) is 11.3 Å². The number of rotatable bonds is 4. The van der Waals surface area contributed by atoms with E-state index in [0.29, 0.717) is 35.0 Å². The summed E-state index contributed by atoms with van der Waals surface area (Å²) >= 11 is 1.10. The fourth-order valence-corrected chi connectivity index (χ4v) is 3.62. The van der Waals surface area contributed by atoms with Crippen LogP contribution in [0.4, 0.5) is 18.3 Å². The third-order valence-electron chi connectivity index (χ3n) is 3.36. The van der Waals surface area contributed by atoms with Crippen molar-refractivity contribution < 1.29 is 18.0 Å². The summed E-state index contributed by atoms with van der Waals surface area (Å²) in [6.07, 6.45) is -2.62. The normalized spacial score (nSPS) is 17.7. The second-order valence-electron chi connectivity index (χ2n) is 6.25. The number of aromatic nitrogens is 1. The van der Waals surface area contributed by atoms with E-state index in [4.69, 9.17) is 0 Å². The van der Waals surface area contributed by atoms with Crippen molar-refractivity contribution in [3.05, 3.63) is 10.6 Å². The summed E-state index contributed by atoms with van der Waals surface area (Å²) in [7, 11) is 0. The first-order valence-corrected chi connectivity index (χ1v) is 7.77. The summed E-state index contributed by atoms with van der Waals surface area (Å²) in [4.78, 5) is 18.2. The van der Waals surface area contributed by atoms with E-state index < -0.39 is 12.7 Å². The van der Waals surface area contributed by atoms with Gasteiger partial charge in [-0.1, -0.05) is 32.1 Å². The molecule has 118 valence electrons. The molecule has 0 bridgehead atoms. The van der Waals surface area contributed by atoms with Crippen molar-refractivity contribution in [2.45, 2.75) is 46.2 Å². The summed E-state index contributed by atoms with van der Waals surface area (Å²) in [6, 6.07) is 0. The fraction of sp³-hybridized carbons (Fsp3) is 0.714. The summed E-state index contributed by atoms with van der Waals surface area (Å²) < 4.78 is 38.0. The molecule has 3 nitrogen and oxygen atoms in total. The van der Waals surface area contributed by atoms with Crippen LogP contribution in [0, 0.1) is 5.41 Å². The van der Waals surface area contributed by atoms with Gasteiger partial charge in [-0.25, -0.2) is 4.98 Å². The van der Waals surface area contributed by atoms with E-state index in [1.807, 2.05) is 20.8 Å². The van der Waals surface area contributed by atoms with Crippen LogP contribution in [0.15, 0.2) is 0 Å². The van der Waals surface area contributed by atoms with Crippen LogP contribution in [0.5, 0.6) is 0 Å². The van der Waals surface area contributed by atoms with Gasteiger partial charge in [0.15, 0.2) is 10.9 Å². The van der Waals surface area contributed by atoms with E-state index >= 15 is 0 Å². The van der Waals surface area contributed by atoms with E-state index in [1.54, 1.807) is 0 Å². The Labute approximate surface area is 126 Å². The molecule has 21 heavy (non-hydrogen) atoms. The van der Waals surface area contributed by atoms with Crippen molar-refractivity contribution in [1.82, 2.24) is 4.98 Å². The number of nitrogens with zero attached hydrogens (tertiary/aromatic N) is 2. The first-order valence-electron chi connectivity index (χ1n) is 6.96. The van der Waals surface area contributed by atoms with Crippen LogP contribution in [0.2, 0.25) is 0 Å². The van der Waals surface area contributed by atoms with Crippen molar-refractivity contribution >= 4 is 22.3 Å². The highest BCUT2D eigenvalue weighted by Gasteiger charge is 2.36. The average Bonchev–Trinajstić information content (AvgIpc) is 2.68. The van der Waals surface area contributed by atoms with Crippen molar-refractivity contribution in [2.24, 2.45) is 5.41 Å². The van der Waals surface area contributed by atoms with Crippen LogP contribution in [0.25, 0.3) is 0 Å². The number of anilines is 1. The Bertz CT molecular complexity index is 537. The van der Waals surface area contributed by atoms with E-state index in [9.17, 15) is 18.0 Å². The molecule has 0 saturated carbocycles. The molecule has 0 spiro atoms. The Kier molecular flexibility index (Phi) is 4.33. The predicted octanol–water partition coefficient (Wildman–Crippen LogP) is 4.08. The molecule has 0 atom stereocenters. The number of carbonyl (C=O) groups excluding carboxylic acids is 1. The largest absolute Gasteiger partial charge is 0.406 e. The summed E-state index contributed by atoms with van der Waals surface area (Å²) in [5.74, 6) is -0.00606. The lowest BCUT2D eigenvalue weighted by molar-refractivity contribution is -0.119. The highest BCUT2D eigenvalue weighted by Crippen LogP contribution is 2.39. The average molecular weight is 320 g/mol. The quantitative estimate of drug-likeness (QED) is 0.838. The van der Waals surface area contributed by atoms with Crippen molar-refractivity contribution in [1.29, 1.82) is 0 Å². The maximum atomic E-state index is 12.7. The Morgan fingerprint density at radius 1 is 1.33 bits per heavy atom. The summed E-state index contributed by atoms with van der Waals surface area (Å²) in [6.45, 7) is 5.04. The van der Waals surface area contributed by atoms with Crippen LogP contribution < -0.4 is 4.90 Å². The molecule has 2 rings (SSSR count). The number of alkyl halides is 3. The Balaban J connectivity index is 2.30. The number of Topliss-reactive ketones (excluding diaryl/α,β-unsaturated/α-hetero) is 1. The zero-order chi connectivity index (χ0) is 15.8. The van der Waals surface area contributed by atoms with Gasteiger partial charge >= 0.3 is 6.18 Å². The van der Waals surface area contributed by atoms with E-state index in [1.165, 1.54) is 4.90 Å². The van der Waals surface area contributed by atoms with Gasteiger partial charge in [0.1, 0.15) is 6.54 Å². The van der Waals surface area contributed by atoms with Crippen LogP contribution in [0.3, 0.4) is 0 Å². The van der Waals surface area contributed by atoms with E-state index in [-0.39, 0.29) is 17.7 Å². The molecule has 1 aliphatic rings. The third-order valence-corrected chi connectivity index (χ3v) is 4.56. The van der Waals surface area contributed by atoms with Gasteiger partial charge < -0.3 is 4.90 Å². The lowest BCUT2D eigenvalue weighted by Crippen LogP contribution is -2.34. The molecule has 1 aromatic rings. The van der Waals surface area contributed by atoms with Gasteiger partial charge in [0.25, 0.3) is 0 Å². The zero-order valence-electron chi connectivity index (χ0n) is 12.4. The second-order valence-corrected chi connectivity index (χ2v) is 7.23. The van der Waals surface area contributed by atoms with Crippen molar-refractivity contribution in [3.63, 3.8) is 0 Å². The minimum atomic E-state index is -4.27. The molecule has 0 amide bonds. The highest BCUT2D eigenvalue weighted by molar-refractivity contribution is 7.17. The Morgan fingerprint density at radius 2 is 2.00 bits per heavy atom. The van der Waals surface area contributed by atoms with Crippen LogP contribution in [-0.2, 0) is 6.42 Å². The molecule has 7 heteroatoms. The Morgan fingerprint density at radius 3 is 2.57 bits per heavy atom. The predicted molar refractivity (Wildman–Crippen MR) is 77.1 cm³/mol. The maximum absolute atomic E-state index is 12.7. The first-order chi connectivity index (χ1) is 9.61. The highest BCUT2D eigenvalue weighted by atomic mass is 32.1. The molecule has 0 saturated heterocycles. The topological polar surface area (TPSA) is 33.2 Å². The molecule has 0 fully saturated rings. The Hall–Kier alpha value is -1.11. The van der Waals surface area contributed by atoms with Gasteiger partial charge in [0, 0.05) is 13.0 Å². The van der Waals surface area contributed by atoms with Gasteiger partial charge in [0.05, 0.1) is 10.6 Å². The van der Waals surface area contributed by atoms with Crippen molar-refractivity contribution in [2.75, 3.05) is 18.0 Å². The van der Waals surface area contributed by atoms with Crippen LogP contribution >= 0.6 is 11.3 Å². The monoisotopic (exact) mass is 320 g/mol.